The van der Waals surface area contributed by atoms with Gasteiger partial charge in [0.05, 0.1) is 10.6 Å². The summed E-state index contributed by atoms with van der Waals surface area (Å²) < 4.78 is 67.0. The summed E-state index contributed by atoms with van der Waals surface area (Å²) in [7, 11) is -7.34. The van der Waals surface area contributed by atoms with Crippen molar-refractivity contribution in [3.05, 3.63) is 65.0 Å². The van der Waals surface area contributed by atoms with E-state index < -0.39 is 25.9 Å². The van der Waals surface area contributed by atoms with Crippen molar-refractivity contribution in [3.63, 3.8) is 0 Å². The molecule has 1 aliphatic rings. The standard InChI is InChI=1S/C19H23FN2O4S2/c1-15-6-7-19(16(2)12-15)28(25,26)22-10-8-21(9-11-22)27(23,24)14-17-4-3-5-18(20)13-17/h3-7,12-13H,8-11,14H2,1-2H3. The fourth-order valence-electron chi connectivity index (χ4n) is 3.34. The maximum atomic E-state index is 13.3. The molecule has 0 unspecified atom stereocenters. The van der Waals surface area contributed by atoms with Gasteiger partial charge < -0.3 is 0 Å². The zero-order valence-electron chi connectivity index (χ0n) is 15.8. The van der Waals surface area contributed by atoms with Crippen LogP contribution in [0.2, 0.25) is 0 Å². The highest BCUT2D eigenvalue weighted by molar-refractivity contribution is 7.89. The minimum Gasteiger partial charge on any atom is -0.212 e. The molecule has 2 aromatic carbocycles. The van der Waals surface area contributed by atoms with Crippen LogP contribution in [0.4, 0.5) is 4.39 Å². The summed E-state index contributed by atoms with van der Waals surface area (Å²) >= 11 is 0. The summed E-state index contributed by atoms with van der Waals surface area (Å²) in [6, 6.07) is 10.6. The van der Waals surface area contributed by atoms with Crippen LogP contribution < -0.4 is 0 Å². The van der Waals surface area contributed by atoms with Crippen LogP contribution in [0.25, 0.3) is 0 Å². The Kier molecular flexibility index (Phi) is 5.90. The molecule has 0 aromatic heterocycles. The molecule has 0 atom stereocenters. The zero-order chi connectivity index (χ0) is 20.5. The summed E-state index contributed by atoms with van der Waals surface area (Å²) in [4.78, 5) is 0.245. The lowest BCUT2D eigenvalue weighted by Crippen LogP contribution is -2.50. The van der Waals surface area contributed by atoms with Gasteiger partial charge in [-0.15, -0.1) is 0 Å². The van der Waals surface area contributed by atoms with E-state index in [9.17, 15) is 21.2 Å². The van der Waals surface area contributed by atoms with E-state index in [4.69, 9.17) is 0 Å². The number of benzene rings is 2. The van der Waals surface area contributed by atoms with E-state index in [1.165, 1.54) is 26.8 Å². The van der Waals surface area contributed by atoms with Crippen LogP contribution in [-0.2, 0) is 25.8 Å². The van der Waals surface area contributed by atoms with Gasteiger partial charge in [0.1, 0.15) is 5.82 Å². The molecule has 6 nitrogen and oxygen atoms in total. The Morgan fingerprint density at radius 2 is 1.54 bits per heavy atom. The fourth-order valence-corrected chi connectivity index (χ4v) is 6.48. The van der Waals surface area contributed by atoms with Crippen LogP contribution in [0.15, 0.2) is 47.4 Å². The van der Waals surface area contributed by atoms with Gasteiger partial charge in [0.25, 0.3) is 0 Å². The van der Waals surface area contributed by atoms with Crippen molar-refractivity contribution < 1.29 is 21.2 Å². The van der Waals surface area contributed by atoms with Gasteiger partial charge in [0, 0.05) is 26.2 Å². The third-order valence-corrected chi connectivity index (χ3v) is 8.69. The van der Waals surface area contributed by atoms with E-state index in [-0.39, 0.29) is 36.8 Å². The SMILES string of the molecule is Cc1ccc(S(=O)(=O)N2CCN(S(=O)(=O)Cc3cccc(F)c3)CC2)c(C)c1. The summed E-state index contributed by atoms with van der Waals surface area (Å²) in [5.41, 5.74) is 2.01. The van der Waals surface area contributed by atoms with Gasteiger partial charge in [-0.25, -0.2) is 21.2 Å². The minimum atomic E-state index is -3.68. The van der Waals surface area contributed by atoms with Crippen LogP contribution in [0.3, 0.4) is 0 Å². The number of rotatable bonds is 5. The Hall–Kier alpha value is -1.81. The van der Waals surface area contributed by atoms with E-state index in [1.54, 1.807) is 25.1 Å². The number of hydrogen-bond donors (Lipinski definition) is 0. The van der Waals surface area contributed by atoms with Crippen LogP contribution in [-0.4, -0.2) is 51.6 Å². The summed E-state index contributed by atoms with van der Waals surface area (Å²) in [5, 5.41) is 0. The predicted octanol–water partition coefficient (Wildman–Crippen LogP) is 2.28. The van der Waals surface area contributed by atoms with Gasteiger partial charge in [-0.2, -0.15) is 8.61 Å². The molecule has 1 saturated heterocycles. The van der Waals surface area contributed by atoms with Crippen molar-refractivity contribution in [2.45, 2.75) is 24.5 Å². The fraction of sp³-hybridized carbons (Fsp3) is 0.368. The maximum Gasteiger partial charge on any atom is 0.243 e. The number of halogens is 1. The molecular weight excluding hydrogens is 403 g/mol. The van der Waals surface area contributed by atoms with Gasteiger partial charge in [0.15, 0.2) is 0 Å². The van der Waals surface area contributed by atoms with Crippen molar-refractivity contribution in [1.82, 2.24) is 8.61 Å². The van der Waals surface area contributed by atoms with Gasteiger partial charge >= 0.3 is 0 Å². The van der Waals surface area contributed by atoms with Crippen LogP contribution in [0.1, 0.15) is 16.7 Å². The smallest absolute Gasteiger partial charge is 0.212 e. The van der Waals surface area contributed by atoms with Gasteiger partial charge in [-0.05, 0) is 43.2 Å². The molecule has 152 valence electrons. The molecule has 3 rings (SSSR count). The van der Waals surface area contributed by atoms with E-state index in [1.807, 2.05) is 13.0 Å². The molecular formula is C19H23FN2O4S2. The molecule has 0 saturated carbocycles. The second-order valence-electron chi connectivity index (χ2n) is 6.96. The Morgan fingerprint density at radius 1 is 0.893 bits per heavy atom. The first-order valence-electron chi connectivity index (χ1n) is 8.89. The van der Waals surface area contributed by atoms with E-state index in [0.29, 0.717) is 11.1 Å². The summed E-state index contributed by atoms with van der Waals surface area (Å²) in [5.74, 6) is -0.800. The Morgan fingerprint density at radius 3 is 2.14 bits per heavy atom. The third kappa shape index (κ3) is 4.43. The van der Waals surface area contributed by atoms with E-state index in [0.717, 1.165) is 5.56 Å². The van der Waals surface area contributed by atoms with E-state index >= 15 is 0 Å². The first-order valence-corrected chi connectivity index (χ1v) is 11.9. The average Bonchev–Trinajstić information content (AvgIpc) is 2.61. The van der Waals surface area contributed by atoms with Gasteiger partial charge in [-0.1, -0.05) is 29.8 Å². The molecule has 28 heavy (non-hydrogen) atoms. The average molecular weight is 427 g/mol. The molecule has 0 spiro atoms. The van der Waals surface area contributed by atoms with Crippen molar-refractivity contribution in [2.24, 2.45) is 0 Å². The molecule has 0 aliphatic carbocycles. The van der Waals surface area contributed by atoms with Crippen molar-refractivity contribution in [3.8, 4) is 0 Å². The Balaban J connectivity index is 1.71. The number of hydrogen-bond acceptors (Lipinski definition) is 4. The second-order valence-corrected chi connectivity index (χ2v) is 10.8. The lowest BCUT2D eigenvalue weighted by molar-refractivity contribution is 0.272. The Labute approximate surface area is 165 Å². The number of nitrogens with zero attached hydrogens (tertiary/aromatic N) is 2. The predicted molar refractivity (Wildman–Crippen MR) is 105 cm³/mol. The van der Waals surface area contributed by atoms with Crippen LogP contribution in [0, 0.1) is 19.7 Å². The molecule has 1 heterocycles. The van der Waals surface area contributed by atoms with Crippen molar-refractivity contribution in [1.29, 1.82) is 0 Å². The van der Waals surface area contributed by atoms with E-state index in [2.05, 4.69) is 0 Å². The van der Waals surface area contributed by atoms with Crippen molar-refractivity contribution in [2.75, 3.05) is 26.2 Å². The van der Waals surface area contributed by atoms with Gasteiger partial charge in [-0.3, -0.25) is 0 Å². The lowest BCUT2D eigenvalue weighted by Gasteiger charge is -2.33. The summed E-state index contributed by atoms with van der Waals surface area (Å²) in [6.07, 6.45) is 0. The molecule has 1 aliphatic heterocycles. The third-order valence-electron chi connectivity index (χ3n) is 4.78. The molecule has 9 heteroatoms. The van der Waals surface area contributed by atoms with Crippen molar-refractivity contribution >= 4 is 20.0 Å². The monoisotopic (exact) mass is 426 g/mol. The molecule has 1 fully saturated rings. The first-order chi connectivity index (χ1) is 13.1. The number of piperazine rings is 1. The molecule has 0 N–H and O–H groups in total. The number of sulfonamides is 2. The lowest BCUT2D eigenvalue weighted by atomic mass is 10.2. The van der Waals surface area contributed by atoms with Crippen LogP contribution in [0.5, 0.6) is 0 Å². The normalized spacial score (nSPS) is 17.0. The first kappa shape index (κ1) is 20.9. The zero-order valence-corrected chi connectivity index (χ0v) is 17.4. The quantitative estimate of drug-likeness (QED) is 0.735. The molecule has 0 bridgehead atoms. The minimum absolute atomic E-state index is 0.0712. The molecule has 0 amide bonds. The largest absolute Gasteiger partial charge is 0.243 e. The van der Waals surface area contributed by atoms with Gasteiger partial charge in [0.2, 0.25) is 20.0 Å². The number of aryl methyl sites for hydroxylation is 2. The highest BCUT2D eigenvalue weighted by Crippen LogP contribution is 2.23. The highest BCUT2D eigenvalue weighted by Gasteiger charge is 2.33. The summed E-state index contributed by atoms with van der Waals surface area (Å²) in [6.45, 7) is 3.95. The molecule has 2 aromatic rings. The van der Waals surface area contributed by atoms with Crippen LogP contribution >= 0.6 is 0 Å². The second kappa shape index (κ2) is 7.90. The maximum absolute atomic E-state index is 13.3. The topological polar surface area (TPSA) is 74.8 Å². The molecule has 0 radical (unpaired) electrons. The highest BCUT2D eigenvalue weighted by atomic mass is 32.2. The Bertz CT molecular complexity index is 1080.